The van der Waals surface area contributed by atoms with Crippen molar-refractivity contribution in [3.8, 4) is 0 Å². The summed E-state index contributed by atoms with van der Waals surface area (Å²) in [4.78, 5) is 21.7. The van der Waals surface area contributed by atoms with Gasteiger partial charge in [-0.2, -0.15) is 0 Å². The molecule has 0 heterocycles. The predicted octanol–water partition coefficient (Wildman–Crippen LogP) is 1.31. The first kappa shape index (κ1) is 38.6. The monoisotopic (exact) mass is 583 g/mol. The largest absolute Gasteiger partial charge is 0.481 e. The van der Waals surface area contributed by atoms with E-state index in [9.17, 15) is 9.59 Å². The van der Waals surface area contributed by atoms with Gasteiger partial charge < -0.3 is 53.1 Å². The maximum absolute atomic E-state index is 11.3. The van der Waals surface area contributed by atoms with E-state index in [1.165, 1.54) is 0 Å². The fourth-order valence-corrected chi connectivity index (χ4v) is 2.82. The van der Waals surface area contributed by atoms with E-state index in [2.05, 4.69) is 12.2 Å². The standard InChI is InChI=1S/C27H53NO12/c1-2-3-8-32-10-12-34-14-16-36-18-20-38-22-24-40-25-23-39-21-19-37-17-15-35-13-11-33-9-4-7-28-26(29)5-6-27(30)31/h2-25H2,1H3,(H,28,29)(H,30,31). The first-order chi connectivity index (χ1) is 19.7. The molecule has 0 saturated carbocycles. The van der Waals surface area contributed by atoms with Crippen LogP contribution in [-0.4, -0.2) is 142 Å². The molecule has 1 amide bonds. The summed E-state index contributed by atoms with van der Waals surface area (Å²) in [7, 11) is 0. The van der Waals surface area contributed by atoms with Crippen LogP contribution in [0, 0.1) is 0 Å². The van der Waals surface area contributed by atoms with Crippen LogP contribution in [0.25, 0.3) is 0 Å². The molecule has 0 fully saturated rings. The van der Waals surface area contributed by atoms with Crippen molar-refractivity contribution >= 4 is 11.9 Å². The molecular formula is C27H53NO12. The number of nitrogens with one attached hydrogen (secondary N) is 1. The van der Waals surface area contributed by atoms with E-state index in [0.29, 0.717) is 125 Å². The van der Waals surface area contributed by atoms with E-state index in [4.69, 9.17) is 47.7 Å². The van der Waals surface area contributed by atoms with E-state index < -0.39 is 5.97 Å². The van der Waals surface area contributed by atoms with Gasteiger partial charge in [0.2, 0.25) is 5.91 Å². The molecule has 0 bridgehead atoms. The van der Waals surface area contributed by atoms with Gasteiger partial charge in [-0.1, -0.05) is 13.3 Å². The minimum absolute atomic E-state index is 0.00578. The quantitative estimate of drug-likeness (QED) is 0.105. The molecule has 0 aromatic carbocycles. The molecule has 0 spiro atoms. The van der Waals surface area contributed by atoms with Gasteiger partial charge in [0.15, 0.2) is 0 Å². The van der Waals surface area contributed by atoms with E-state index in [0.717, 1.165) is 19.4 Å². The molecule has 0 aliphatic heterocycles. The predicted molar refractivity (Wildman–Crippen MR) is 147 cm³/mol. The smallest absolute Gasteiger partial charge is 0.303 e. The third-order valence-electron chi connectivity index (χ3n) is 4.97. The van der Waals surface area contributed by atoms with Gasteiger partial charge in [0.1, 0.15) is 0 Å². The molecule has 238 valence electrons. The Hall–Kier alpha value is -1.42. The summed E-state index contributed by atoms with van der Waals surface area (Å²) in [5, 5.41) is 11.2. The van der Waals surface area contributed by atoms with Crippen molar-refractivity contribution in [2.24, 2.45) is 0 Å². The molecule has 0 atom stereocenters. The molecule has 0 unspecified atom stereocenters. The molecule has 0 rings (SSSR count). The van der Waals surface area contributed by atoms with Crippen LogP contribution in [0.5, 0.6) is 0 Å². The number of hydrogen-bond donors (Lipinski definition) is 2. The second-order valence-electron chi connectivity index (χ2n) is 8.46. The zero-order valence-electron chi connectivity index (χ0n) is 24.4. The van der Waals surface area contributed by atoms with E-state index in [-0.39, 0.29) is 18.7 Å². The lowest BCUT2D eigenvalue weighted by Gasteiger charge is -2.09. The fourth-order valence-electron chi connectivity index (χ4n) is 2.82. The summed E-state index contributed by atoms with van der Waals surface area (Å²) in [6, 6.07) is 0. The molecule has 13 heteroatoms. The Kier molecular flexibility index (Phi) is 32.6. The number of unbranched alkanes of at least 4 members (excludes halogenated alkanes) is 1. The van der Waals surface area contributed by atoms with Crippen molar-refractivity contribution in [3.63, 3.8) is 0 Å². The number of carbonyl (C=O) groups is 2. The SMILES string of the molecule is CCCCOCCOCCOCCOCCOCCOCCOCCOCCOCCCNC(=O)CCC(=O)O. The Morgan fingerprint density at radius 2 is 0.775 bits per heavy atom. The molecule has 0 aliphatic rings. The highest BCUT2D eigenvalue weighted by molar-refractivity contribution is 5.80. The summed E-state index contributed by atoms with van der Waals surface area (Å²) in [5.41, 5.74) is 0. The van der Waals surface area contributed by atoms with Gasteiger partial charge in [0.25, 0.3) is 0 Å². The number of carboxylic acid groups (broad SMARTS) is 1. The van der Waals surface area contributed by atoms with Crippen LogP contribution in [0.1, 0.15) is 39.0 Å². The highest BCUT2D eigenvalue weighted by atomic mass is 16.6. The van der Waals surface area contributed by atoms with Gasteiger partial charge in [-0.15, -0.1) is 0 Å². The first-order valence-electron chi connectivity index (χ1n) is 14.3. The lowest BCUT2D eigenvalue weighted by Crippen LogP contribution is -2.25. The average Bonchev–Trinajstić information content (AvgIpc) is 2.94. The van der Waals surface area contributed by atoms with E-state index >= 15 is 0 Å². The third-order valence-corrected chi connectivity index (χ3v) is 4.97. The Morgan fingerprint density at radius 3 is 1.07 bits per heavy atom. The van der Waals surface area contributed by atoms with E-state index in [1.807, 2.05) is 0 Å². The molecule has 0 aliphatic carbocycles. The summed E-state index contributed by atoms with van der Waals surface area (Å²) in [6.07, 6.45) is 2.72. The average molecular weight is 584 g/mol. The maximum atomic E-state index is 11.3. The number of ether oxygens (including phenoxy) is 9. The highest BCUT2D eigenvalue weighted by Gasteiger charge is 2.04. The van der Waals surface area contributed by atoms with Crippen LogP contribution < -0.4 is 5.32 Å². The third kappa shape index (κ3) is 34.6. The molecule has 40 heavy (non-hydrogen) atoms. The summed E-state index contributed by atoms with van der Waals surface area (Å²) in [6.45, 7) is 12.1. The van der Waals surface area contributed by atoms with Crippen molar-refractivity contribution in [2.75, 3.05) is 125 Å². The fraction of sp³-hybridized carbons (Fsp3) is 0.926. The van der Waals surface area contributed by atoms with Gasteiger partial charge >= 0.3 is 5.97 Å². The van der Waals surface area contributed by atoms with Crippen LogP contribution in [0.4, 0.5) is 0 Å². The van der Waals surface area contributed by atoms with Crippen LogP contribution >= 0.6 is 0 Å². The minimum Gasteiger partial charge on any atom is -0.481 e. The van der Waals surface area contributed by atoms with Gasteiger partial charge in [0, 0.05) is 26.2 Å². The molecule has 0 saturated heterocycles. The number of amides is 1. The van der Waals surface area contributed by atoms with Gasteiger partial charge in [-0.3, -0.25) is 9.59 Å². The van der Waals surface area contributed by atoms with Crippen molar-refractivity contribution in [3.05, 3.63) is 0 Å². The van der Waals surface area contributed by atoms with Crippen LogP contribution in [0.2, 0.25) is 0 Å². The molecule has 0 aromatic heterocycles. The normalized spacial score (nSPS) is 11.2. The van der Waals surface area contributed by atoms with E-state index in [1.54, 1.807) is 0 Å². The Labute approximate surface area is 239 Å². The zero-order chi connectivity index (χ0) is 29.2. The van der Waals surface area contributed by atoms with Gasteiger partial charge in [-0.25, -0.2) is 0 Å². The number of carboxylic acids is 1. The van der Waals surface area contributed by atoms with Crippen molar-refractivity contribution in [2.45, 2.75) is 39.0 Å². The summed E-state index contributed by atoms with van der Waals surface area (Å²) in [5.74, 6) is -1.24. The zero-order valence-corrected chi connectivity index (χ0v) is 24.4. The minimum atomic E-state index is -0.980. The van der Waals surface area contributed by atoms with Gasteiger partial charge in [-0.05, 0) is 12.8 Å². The number of rotatable bonds is 34. The topological polar surface area (TPSA) is 149 Å². The Balaban J connectivity index is 3.07. The number of aliphatic carboxylic acids is 1. The van der Waals surface area contributed by atoms with Crippen molar-refractivity contribution in [1.82, 2.24) is 5.32 Å². The molecular weight excluding hydrogens is 530 g/mol. The highest BCUT2D eigenvalue weighted by Crippen LogP contribution is 1.91. The molecule has 2 N–H and O–H groups in total. The Bertz CT molecular complexity index is 542. The second kappa shape index (κ2) is 33.8. The molecule has 0 radical (unpaired) electrons. The van der Waals surface area contributed by atoms with Gasteiger partial charge in [0.05, 0.1) is 112 Å². The second-order valence-corrected chi connectivity index (χ2v) is 8.46. The first-order valence-corrected chi connectivity index (χ1v) is 14.3. The molecule has 13 nitrogen and oxygen atoms in total. The van der Waals surface area contributed by atoms with Crippen LogP contribution in [0.3, 0.4) is 0 Å². The maximum Gasteiger partial charge on any atom is 0.303 e. The van der Waals surface area contributed by atoms with Crippen LogP contribution in [-0.2, 0) is 52.2 Å². The summed E-state index contributed by atoms with van der Waals surface area (Å²) < 4.78 is 48.9. The van der Waals surface area contributed by atoms with Crippen LogP contribution in [0.15, 0.2) is 0 Å². The number of hydrogen-bond acceptors (Lipinski definition) is 11. The number of carbonyl (C=O) groups excluding carboxylic acids is 1. The molecule has 0 aromatic rings. The Morgan fingerprint density at radius 1 is 0.475 bits per heavy atom. The van der Waals surface area contributed by atoms with Crippen molar-refractivity contribution < 1.29 is 57.3 Å². The van der Waals surface area contributed by atoms with Crippen molar-refractivity contribution in [1.29, 1.82) is 0 Å². The lowest BCUT2D eigenvalue weighted by atomic mass is 10.3. The lowest BCUT2D eigenvalue weighted by molar-refractivity contribution is -0.138. The summed E-state index contributed by atoms with van der Waals surface area (Å²) >= 11 is 0.